The molecule has 0 saturated carbocycles. The van der Waals surface area contributed by atoms with Crippen molar-refractivity contribution in [2.45, 2.75) is 18.7 Å². The van der Waals surface area contributed by atoms with Gasteiger partial charge < -0.3 is 0 Å². The lowest BCUT2D eigenvalue weighted by atomic mass is 9.98. The van der Waals surface area contributed by atoms with Crippen molar-refractivity contribution in [1.29, 1.82) is 0 Å². The molecule has 146 valence electrons. The largest absolute Gasteiger partial charge is 0.265 e. The first-order valence-electron chi connectivity index (χ1n) is 9.04. The molecular weight excluding hydrogens is 384 g/mol. The molecule has 0 unspecified atom stereocenters. The maximum atomic E-state index is 11.5. The molecule has 0 aliphatic rings. The van der Waals surface area contributed by atoms with Crippen LogP contribution in [0.3, 0.4) is 0 Å². The Balaban J connectivity index is 1.84. The first-order valence-corrected chi connectivity index (χ1v) is 10.6. The fourth-order valence-electron chi connectivity index (χ4n) is 3.29. The second kappa shape index (κ2) is 7.27. The predicted molar refractivity (Wildman–Crippen MR) is 113 cm³/mol. The third-order valence-corrected chi connectivity index (χ3v) is 5.70. The summed E-state index contributed by atoms with van der Waals surface area (Å²) in [6.45, 7) is 3.99. The van der Waals surface area contributed by atoms with Gasteiger partial charge in [-0.1, -0.05) is 12.1 Å². The Morgan fingerprint density at radius 1 is 0.862 bits per heavy atom. The SMILES string of the molecule is Cc1cc(-c2cc(-c3ccncc3)ccc2C)n(-c2ccc(S(N)(=O)=O)cc2)n1. The molecule has 0 saturated heterocycles. The van der Waals surface area contributed by atoms with E-state index in [4.69, 9.17) is 5.14 Å². The Morgan fingerprint density at radius 3 is 2.21 bits per heavy atom. The number of primary sulfonamides is 1. The lowest BCUT2D eigenvalue weighted by Gasteiger charge is -2.12. The molecule has 2 N–H and O–H groups in total. The van der Waals surface area contributed by atoms with Gasteiger partial charge in [0.1, 0.15) is 0 Å². The van der Waals surface area contributed by atoms with E-state index in [2.05, 4.69) is 35.2 Å². The number of nitrogens with zero attached hydrogens (tertiary/aromatic N) is 3. The lowest BCUT2D eigenvalue weighted by molar-refractivity contribution is 0.598. The van der Waals surface area contributed by atoms with Gasteiger partial charge >= 0.3 is 0 Å². The van der Waals surface area contributed by atoms with Crippen molar-refractivity contribution >= 4 is 10.0 Å². The van der Waals surface area contributed by atoms with Gasteiger partial charge in [-0.3, -0.25) is 4.98 Å². The molecule has 2 aromatic carbocycles. The van der Waals surface area contributed by atoms with Crippen LogP contribution >= 0.6 is 0 Å². The normalized spacial score (nSPS) is 11.6. The Bertz CT molecular complexity index is 1280. The van der Waals surface area contributed by atoms with Gasteiger partial charge in [-0.15, -0.1) is 0 Å². The Morgan fingerprint density at radius 2 is 1.55 bits per heavy atom. The minimum atomic E-state index is -3.74. The molecule has 2 aromatic heterocycles. The van der Waals surface area contributed by atoms with Crippen molar-refractivity contribution < 1.29 is 8.42 Å². The molecule has 29 heavy (non-hydrogen) atoms. The summed E-state index contributed by atoms with van der Waals surface area (Å²) < 4.78 is 24.9. The summed E-state index contributed by atoms with van der Waals surface area (Å²) in [5, 5.41) is 9.83. The molecule has 2 heterocycles. The Hall–Kier alpha value is -3.29. The zero-order valence-electron chi connectivity index (χ0n) is 16.1. The Kier molecular flexibility index (Phi) is 4.77. The smallest absolute Gasteiger partial charge is 0.238 e. The third kappa shape index (κ3) is 3.83. The summed E-state index contributed by atoms with van der Waals surface area (Å²) in [7, 11) is -3.74. The number of hydrogen-bond acceptors (Lipinski definition) is 4. The molecule has 0 radical (unpaired) electrons. The molecular formula is C22H20N4O2S. The maximum absolute atomic E-state index is 11.5. The summed E-state index contributed by atoms with van der Waals surface area (Å²) >= 11 is 0. The predicted octanol–water partition coefficient (Wildman–Crippen LogP) is 3.87. The van der Waals surface area contributed by atoms with Gasteiger partial charge in [0.05, 0.1) is 22.0 Å². The number of sulfonamides is 1. The van der Waals surface area contributed by atoms with Crippen molar-refractivity contribution in [3.8, 4) is 28.1 Å². The van der Waals surface area contributed by atoms with Crippen LogP contribution in [0, 0.1) is 13.8 Å². The van der Waals surface area contributed by atoms with Gasteiger partial charge in [-0.25, -0.2) is 18.2 Å². The summed E-state index contributed by atoms with van der Waals surface area (Å²) in [6.07, 6.45) is 3.55. The molecule has 4 aromatic rings. The van der Waals surface area contributed by atoms with Crippen molar-refractivity contribution in [3.63, 3.8) is 0 Å². The van der Waals surface area contributed by atoms with E-state index in [0.29, 0.717) is 0 Å². The molecule has 0 fully saturated rings. The lowest BCUT2D eigenvalue weighted by Crippen LogP contribution is -2.12. The molecule has 0 bridgehead atoms. The molecule has 0 spiro atoms. The van der Waals surface area contributed by atoms with E-state index >= 15 is 0 Å². The van der Waals surface area contributed by atoms with Crippen LogP contribution in [-0.4, -0.2) is 23.2 Å². The fourth-order valence-corrected chi connectivity index (χ4v) is 3.80. The molecule has 7 heteroatoms. The van der Waals surface area contributed by atoms with E-state index in [0.717, 1.165) is 39.3 Å². The monoisotopic (exact) mass is 404 g/mol. The highest BCUT2D eigenvalue weighted by atomic mass is 32.2. The van der Waals surface area contributed by atoms with Crippen LogP contribution in [0.1, 0.15) is 11.3 Å². The number of aromatic nitrogens is 3. The summed E-state index contributed by atoms with van der Waals surface area (Å²) in [5.74, 6) is 0. The molecule has 0 atom stereocenters. The highest BCUT2D eigenvalue weighted by molar-refractivity contribution is 7.89. The first-order chi connectivity index (χ1) is 13.8. The quantitative estimate of drug-likeness (QED) is 0.559. The zero-order chi connectivity index (χ0) is 20.6. The van der Waals surface area contributed by atoms with Crippen LogP contribution in [0.15, 0.2) is 78.0 Å². The second-order valence-electron chi connectivity index (χ2n) is 6.89. The third-order valence-electron chi connectivity index (χ3n) is 4.77. The molecule has 0 aliphatic heterocycles. The number of hydrogen-bond donors (Lipinski definition) is 1. The van der Waals surface area contributed by atoms with Crippen molar-refractivity contribution in [1.82, 2.24) is 14.8 Å². The van der Waals surface area contributed by atoms with E-state index in [-0.39, 0.29) is 4.90 Å². The summed E-state index contributed by atoms with van der Waals surface area (Å²) in [4.78, 5) is 4.16. The van der Waals surface area contributed by atoms with Gasteiger partial charge in [0.25, 0.3) is 0 Å². The van der Waals surface area contributed by atoms with Crippen LogP contribution < -0.4 is 5.14 Å². The van der Waals surface area contributed by atoms with E-state index in [1.165, 1.54) is 12.1 Å². The molecule has 0 aliphatic carbocycles. The first kappa shape index (κ1) is 19.0. The van der Waals surface area contributed by atoms with Gasteiger partial charge in [-0.2, -0.15) is 5.10 Å². The van der Waals surface area contributed by atoms with Crippen LogP contribution in [0.2, 0.25) is 0 Å². The highest BCUT2D eigenvalue weighted by Gasteiger charge is 2.14. The average molecular weight is 404 g/mol. The molecule has 0 amide bonds. The second-order valence-corrected chi connectivity index (χ2v) is 8.45. The number of nitrogens with two attached hydrogens (primary N) is 1. The standard InChI is InChI=1S/C22H20N4O2S/c1-15-3-4-18(17-9-11-24-12-10-17)14-21(15)22-13-16(2)25-26(22)19-5-7-20(8-6-19)29(23,27)28/h3-14H,1-2H3,(H2,23,27,28). The van der Waals surface area contributed by atoms with Crippen LogP contribution in [-0.2, 0) is 10.0 Å². The topological polar surface area (TPSA) is 90.9 Å². The number of aryl methyl sites for hydroxylation is 2. The van der Waals surface area contributed by atoms with E-state index < -0.39 is 10.0 Å². The van der Waals surface area contributed by atoms with Crippen LogP contribution in [0.25, 0.3) is 28.1 Å². The van der Waals surface area contributed by atoms with E-state index in [1.807, 2.05) is 29.8 Å². The number of benzene rings is 2. The van der Waals surface area contributed by atoms with E-state index in [9.17, 15) is 8.42 Å². The fraction of sp³-hybridized carbons (Fsp3) is 0.0909. The maximum Gasteiger partial charge on any atom is 0.238 e. The van der Waals surface area contributed by atoms with Crippen molar-refractivity contribution in [2.24, 2.45) is 5.14 Å². The molecule has 6 nitrogen and oxygen atoms in total. The van der Waals surface area contributed by atoms with Crippen LogP contribution in [0.5, 0.6) is 0 Å². The number of pyridine rings is 1. The summed E-state index contributed by atoms with van der Waals surface area (Å²) in [5.41, 5.74) is 6.89. The van der Waals surface area contributed by atoms with Crippen LogP contribution in [0.4, 0.5) is 0 Å². The van der Waals surface area contributed by atoms with E-state index in [1.54, 1.807) is 24.5 Å². The van der Waals surface area contributed by atoms with Gasteiger partial charge in [0.15, 0.2) is 0 Å². The highest BCUT2D eigenvalue weighted by Crippen LogP contribution is 2.31. The van der Waals surface area contributed by atoms with Crippen molar-refractivity contribution in [3.05, 3.63) is 84.3 Å². The average Bonchev–Trinajstić information content (AvgIpc) is 3.10. The van der Waals surface area contributed by atoms with Gasteiger partial charge in [0, 0.05) is 18.0 Å². The minimum absolute atomic E-state index is 0.0718. The minimum Gasteiger partial charge on any atom is -0.265 e. The molecule has 4 rings (SSSR count). The summed E-state index contributed by atoms with van der Waals surface area (Å²) in [6, 6.07) is 18.7. The van der Waals surface area contributed by atoms with Gasteiger partial charge in [0.2, 0.25) is 10.0 Å². The Labute approximate surface area is 169 Å². The van der Waals surface area contributed by atoms with Gasteiger partial charge in [-0.05, 0) is 79.1 Å². The zero-order valence-corrected chi connectivity index (χ0v) is 16.9. The number of rotatable bonds is 4. The van der Waals surface area contributed by atoms with Crippen molar-refractivity contribution in [2.75, 3.05) is 0 Å².